The molecule has 0 amide bonds. The van der Waals surface area contributed by atoms with Crippen LogP contribution >= 0.6 is 15.9 Å². The average Bonchev–Trinajstić information content (AvgIpc) is 2.62. The van der Waals surface area contributed by atoms with E-state index in [1.165, 1.54) is 0 Å². The molecule has 0 radical (unpaired) electrons. The van der Waals surface area contributed by atoms with Gasteiger partial charge in [0.1, 0.15) is 12.1 Å². The van der Waals surface area contributed by atoms with Crippen molar-refractivity contribution in [3.05, 3.63) is 35.5 Å². The Kier molecular flexibility index (Phi) is 2.02. The minimum absolute atomic E-state index is 0.629. The predicted molar refractivity (Wildman–Crippen MR) is 53.5 cm³/mol. The highest BCUT2D eigenvalue weighted by molar-refractivity contribution is 9.10. The fraction of sp³-hybridized carbons (Fsp3) is 0. The highest BCUT2D eigenvalue weighted by atomic mass is 79.9. The number of hydrogen-bond donors (Lipinski definition) is 1. The van der Waals surface area contributed by atoms with Gasteiger partial charge in [0.2, 0.25) is 0 Å². The Morgan fingerprint density at radius 2 is 2.31 bits per heavy atom. The number of nitrogens with zero attached hydrogens (tertiary/aromatic N) is 3. The van der Waals surface area contributed by atoms with Gasteiger partial charge in [-0.15, -0.1) is 0 Å². The molecule has 0 saturated heterocycles. The zero-order valence-corrected chi connectivity index (χ0v) is 8.27. The lowest BCUT2D eigenvalue weighted by molar-refractivity contribution is 0.992. The highest BCUT2D eigenvalue weighted by Crippen LogP contribution is 2.19. The van der Waals surface area contributed by atoms with Crippen LogP contribution in [0.5, 0.6) is 0 Å². The van der Waals surface area contributed by atoms with E-state index < -0.39 is 0 Å². The topological polar surface area (TPSA) is 56.7 Å². The van der Waals surface area contributed by atoms with Crippen molar-refractivity contribution in [2.45, 2.75) is 0 Å². The van der Waals surface area contributed by atoms with E-state index in [2.05, 4.69) is 25.9 Å². The fourth-order valence-corrected chi connectivity index (χ4v) is 1.27. The van der Waals surface area contributed by atoms with Crippen LogP contribution in [0.4, 0.5) is 5.69 Å². The van der Waals surface area contributed by atoms with Crippen molar-refractivity contribution in [3.63, 3.8) is 0 Å². The second-order valence-corrected chi connectivity index (χ2v) is 3.39. The van der Waals surface area contributed by atoms with Crippen LogP contribution in [0.1, 0.15) is 0 Å². The molecule has 0 bridgehead atoms. The number of imidazole rings is 1. The summed E-state index contributed by atoms with van der Waals surface area (Å²) < 4.78 is 2.65. The van der Waals surface area contributed by atoms with E-state index in [4.69, 9.17) is 5.73 Å². The summed E-state index contributed by atoms with van der Waals surface area (Å²) in [6.45, 7) is 0. The van der Waals surface area contributed by atoms with Gasteiger partial charge in [-0.1, -0.05) is 0 Å². The minimum atomic E-state index is 0.629. The van der Waals surface area contributed by atoms with Gasteiger partial charge in [0.15, 0.2) is 0 Å². The number of aromatic nitrogens is 3. The molecule has 2 N–H and O–H groups in total. The van der Waals surface area contributed by atoms with E-state index in [-0.39, 0.29) is 0 Å². The molecule has 13 heavy (non-hydrogen) atoms. The number of halogens is 1. The summed E-state index contributed by atoms with van der Waals surface area (Å²) in [6, 6.07) is 1.84. The summed E-state index contributed by atoms with van der Waals surface area (Å²) in [4.78, 5) is 8.08. The summed E-state index contributed by atoms with van der Waals surface area (Å²) >= 11 is 3.33. The molecule has 2 aromatic heterocycles. The van der Waals surface area contributed by atoms with Gasteiger partial charge < -0.3 is 5.73 Å². The normalized spacial score (nSPS) is 10.2. The van der Waals surface area contributed by atoms with Crippen LogP contribution in [0, 0.1) is 0 Å². The SMILES string of the molecule is Nc1cnc(-n2ccnc2)cc1Br. The molecule has 0 aliphatic rings. The summed E-state index contributed by atoms with van der Waals surface area (Å²) in [6.07, 6.45) is 6.82. The Hall–Kier alpha value is -1.36. The highest BCUT2D eigenvalue weighted by Gasteiger charge is 2.00. The lowest BCUT2D eigenvalue weighted by atomic mass is 10.4. The first-order valence-electron chi connectivity index (χ1n) is 3.67. The number of hydrogen-bond acceptors (Lipinski definition) is 3. The molecule has 2 heterocycles. The zero-order valence-electron chi connectivity index (χ0n) is 6.68. The van der Waals surface area contributed by atoms with Gasteiger partial charge >= 0.3 is 0 Å². The maximum absolute atomic E-state index is 5.61. The average molecular weight is 239 g/mol. The zero-order chi connectivity index (χ0) is 9.26. The third-order valence-electron chi connectivity index (χ3n) is 1.64. The van der Waals surface area contributed by atoms with Crippen molar-refractivity contribution >= 4 is 21.6 Å². The number of nitrogens with two attached hydrogens (primary N) is 1. The fourth-order valence-electron chi connectivity index (χ4n) is 0.967. The first kappa shape index (κ1) is 8.25. The standard InChI is InChI=1S/C8H7BrN4/c9-6-3-8(12-4-7(6)10)13-2-1-11-5-13/h1-5H,10H2. The number of anilines is 1. The lowest BCUT2D eigenvalue weighted by Gasteiger charge is -2.02. The molecular weight excluding hydrogens is 232 g/mol. The second-order valence-electron chi connectivity index (χ2n) is 2.53. The van der Waals surface area contributed by atoms with Crippen LogP contribution in [-0.2, 0) is 0 Å². The lowest BCUT2D eigenvalue weighted by Crippen LogP contribution is -1.96. The predicted octanol–water partition coefficient (Wildman–Crippen LogP) is 1.61. The van der Waals surface area contributed by atoms with Crippen molar-refractivity contribution in [3.8, 4) is 5.82 Å². The quantitative estimate of drug-likeness (QED) is 0.822. The smallest absolute Gasteiger partial charge is 0.139 e. The van der Waals surface area contributed by atoms with Gasteiger partial charge in [0.05, 0.1) is 11.9 Å². The van der Waals surface area contributed by atoms with Gasteiger partial charge in [-0.2, -0.15) is 0 Å². The molecule has 0 aliphatic carbocycles. The molecule has 0 saturated carbocycles. The van der Waals surface area contributed by atoms with Gasteiger partial charge in [-0.05, 0) is 22.0 Å². The van der Waals surface area contributed by atoms with Crippen LogP contribution in [0.3, 0.4) is 0 Å². The first-order valence-corrected chi connectivity index (χ1v) is 4.46. The van der Waals surface area contributed by atoms with Gasteiger partial charge in [0.25, 0.3) is 0 Å². The molecule has 0 fully saturated rings. The second kappa shape index (κ2) is 3.18. The molecule has 0 aromatic carbocycles. The Balaban J connectivity index is 2.49. The van der Waals surface area contributed by atoms with E-state index >= 15 is 0 Å². The molecule has 66 valence electrons. The van der Waals surface area contributed by atoms with Crippen molar-refractivity contribution in [2.75, 3.05) is 5.73 Å². The van der Waals surface area contributed by atoms with E-state index in [0.717, 1.165) is 10.3 Å². The molecule has 0 spiro atoms. The van der Waals surface area contributed by atoms with Gasteiger partial charge in [-0.3, -0.25) is 4.57 Å². The maximum atomic E-state index is 5.61. The van der Waals surface area contributed by atoms with Crippen LogP contribution < -0.4 is 5.73 Å². The third kappa shape index (κ3) is 1.55. The van der Waals surface area contributed by atoms with E-state index in [1.54, 1.807) is 18.7 Å². The summed E-state index contributed by atoms with van der Waals surface area (Å²) in [5.41, 5.74) is 6.24. The first-order chi connectivity index (χ1) is 6.27. The van der Waals surface area contributed by atoms with E-state index in [9.17, 15) is 0 Å². The summed E-state index contributed by atoms with van der Waals surface area (Å²) in [5, 5.41) is 0. The van der Waals surface area contributed by atoms with Crippen molar-refractivity contribution in [1.82, 2.24) is 14.5 Å². The number of nitrogen functional groups attached to an aromatic ring is 1. The number of rotatable bonds is 1. The summed E-state index contributed by atoms with van der Waals surface area (Å²) in [7, 11) is 0. The third-order valence-corrected chi connectivity index (χ3v) is 2.32. The van der Waals surface area contributed by atoms with Crippen LogP contribution in [0.2, 0.25) is 0 Å². The van der Waals surface area contributed by atoms with Crippen molar-refractivity contribution in [1.29, 1.82) is 0 Å². The van der Waals surface area contributed by atoms with Crippen molar-refractivity contribution < 1.29 is 0 Å². The molecule has 5 heteroatoms. The Bertz CT molecular complexity index is 410. The number of pyridine rings is 1. The van der Waals surface area contributed by atoms with Gasteiger partial charge in [0, 0.05) is 16.9 Å². The summed E-state index contributed by atoms with van der Waals surface area (Å²) in [5.74, 6) is 0.790. The van der Waals surface area contributed by atoms with E-state index in [1.807, 2.05) is 16.8 Å². The molecule has 0 unspecified atom stereocenters. The Labute approximate surface area is 83.6 Å². The molecule has 0 atom stereocenters. The molecular formula is C8H7BrN4. The van der Waals surface area contributed by atoms with Gasteiger partial charge in [-0.25, -0.2) is 9.97 Å². The minimum Gasteiger partial charge on any atom is -0.397 e. The van der Waals surface area contributed by atoms with Crippen LogP contribution in [-0.4, -0.2) is 14.5 Å². The molecule has 2 aromatic rings. The van der Waals surface area contributed by atoms with E-state index in [0.29, 0.717) is 5.69 Å². The molecule has 2 rings (SSSR count). The maximum Gasteiger partial charge on any atom is 0.139 e. The van der Waals surface area contributed by atoms with Crippen LogP contribution in [0.15, 0.2) is 35.5 Å². The van der Waals surface area contributed by atoms with Crippen molar-refractivity contribution in [2.24, 2.45) is 0 Å². The monoisotopic (exact) mass is 238 g/mol. The Morgan fingerprint density at radius 3 is 2.92 bits per heavy atom. The van der Waals surface area contributed by atoms with Crippen LogP contribution in [0.25, 0.3) is 5.82 Å². The molecule has 0 aliphatic heterocycles. The molecule has 4 nitrogen and oxygen atoms in total. The Morgan fingerprint density at radius 1 is 1.46 bits per heavy atom. The largest absolute Gasteiger partial charge is 0.397 e.